The summed E-state index contributed by atoms with van der Waals surface area (Å²) in [4.78, 5) is 34.8. The first-order valence-corrected chi connectivity index (χ1v) is 10.2. The average molecular weight is 394 g/mol. The van der Waals surface area contributed by atoms with E-state index in [1.54, 1.807) is 21.1 Å². The molecule has 140 valence electrons. The van der Waals surface area contributed by atoms with Gasteiger partial charge in [0.05, 0.1) is 10.6 Å². The van der Waals surface area contributed by atoms with E-state index in [4.69, 9.17) is 4.74 Å². The second-order valence-electron chi connectivity index (χ2n) is 7.17. The Morgan fingerprint density at radius 3 is 2.38 bits per heavy atom. The number of hydrogen-bond donors (Lipinski definition) is 0. The number of rotatable bonds is 2. The van der Waals surface area contributed by atoms with E-state index in [-0.39, 0.29) is 12.0 Å². The Kier molecular flexibility index (Phi) is 5.34. The van der Waals surface area contributed by atoms with Crippen molar-refractivity contribution in [2.45, 2.75) is 33.3 Å². The van der Waals surface area contributed by atoms with E-state index in [1.807, 2.05) is 45.2 Å². The van der Waals surface area contributed by atoms with Crippen molar-refractivity contribution in [3.05, 3.63) is 28.1 Å². The smallest absolute Gasteiger partial charge is 0.410 e. The lowest BCUT2D eigenvalue weighted by Gasteiger charge is -2.35. The van der Waals surface area contributed by atoms with Crippen LogP contribution in [-0.4, -0.2) is 58.6 Å². The van der Waals surface area contributed by atoms with Crippen LogP contribution in [0.15, 0.2) is 17.5 Å². The summed E-state index contributed by atoms with van der Waals surface area (Å²) in [6.07, 6.45) is -0.321. The SMILES string of the molecule is Cc1nc(-c2cccs2)sc1C(=O)N1CCN(C(=O)OC(C)(C)C)CC1. The monoisotopic (exact) mass is 393 g/mol. The maximum atomic E-state index is 12.9. The number of piperazine rings is 1. The fourth-order valence-corrected chi connectivity index (χ4v) is 4.49. The molecule has 0 N–H and O–H groups in total. The molecule has 2 amide bonds. The van der Waals surface area contributed by atoms with Crippen molar-refractivity contribution in [2.75, 3.05) is 26.2 Å². The maximum Gasteiger partial charge on any atom is 0.410 e. The lowest BCUT2D eigenvalue weighted by molar-refractivity contribution is 0.0141. The number of nitrogens with zero attached hydrogens (tertiary/aromatic N) is 3. The number of ether oxygens (including phenoxy) is 1. The quantitative estimate of drug-likeness (QED) is 0.777. The number of hydrogen-bond acceptors (Lipinski definition) is 6. The molecule has 0 radical (unpaired) electrons. The Morgan fingerprint density at radius 2 is 1.81 bits per heavy atom. The van der Waals surface area contributed by atoms with Crippen molar-refractivity contribution in [2.24, 2.45) is 0 Å². The van der Waals surface area contributed by atoms with Gasteiger partial charge in [0, 0.05) is 26.2 Å². The van der Waals surface area contributed by atoms with Gasteiger partial charge in [-0.15, -0.1) is 22.7 Å². The molecule has 1 saturated heterocycles. The number of aromatic nitrogens is 1. The van der Waals surface area contributed by atoms with Gasteiger partial charge in [0.1, 0.15) is 15.5 Å². The minimum Gasteiger partial charge on any atom is -0.444 e. The zero-order valence-corrected chi connectivity index (χ0v) is 17.1. The molecule has 3 rings (SSSR count). The lowest BCUT2D eigenvalue weighted by atomic mass is 10.2. The third-order valence-electron chi connectivity index (χ3n) is 3.94. The first kappa shape index (κ1) is 18.8. The summed E-state index contributed by atoms with van der Waals surface area (Å²) in [7, 11) is 0. The van der Waals surface area contributed by atoms with Crippen molar-refractivity contribution in [3.8, 4) is 9.88 Å². The molecule has 1 fully saturated rings. The third-order valence-corrected chi connectivity index (χ3v) is 6.13. The van der Waals surface area contributed by atoms with E-state index in [0.717, 1.165) is 15.6 Å². The summed E-state index contributed by atoms with van der Waals surface area (Å²) in [5, 5.41) is 2.89. The molecule has 0 bridgehead atoms. The molecule has 8 heteroatoms. The minimum atomic E-state index is -0.512. The minimum absolute atomic E-state index is 0.00774. The number of carbonyl (C=O) groups excluding carboxylic acids is 2. The van der Waals surface area contributed by atoms with Crippen LogP contribution in [0.5, 0.6) is 0 Å². The second kappa shape index (κ2) is 7.36. The standard InChI is InChI=1S/C18H23N3O3S2/c1-12-14(26-15(19-12)13-6-5-11-25-13)16(22)20-7-9-21(10-8-20)17(23)24-18(2,3)4/h5-6,11H,7-10H2,1-4H3. The van der Waals surface area contributed by atoms with Crippen LogP contribution in [0.1, 0.15) is 36.1 Å². The van der Waals surface area contributed by atoms with E-state index < -0.39 is 5.60 Å². The summed E-state index contributed by atoms with van der Waals surface area (Å²) in [6.45, 7) is 9.39. The lowest BCUT2D eigenvalue weighted by Crippen LogP contribution is -2.51. The molecule has 0 unspecified atom stereocenters. The van der Waals surface area contributed by atoms with Crippen molar-refractivity contribution in [3.63, 3.8) is 0 Å². The van der Waals surface area contributed by atoms with Crippen molar-refractivity contribution < 1.29 is 14.3 Å². The molecule has 0 aromatic carbocycles. The van der Waals surface area contributed by atoms with Crippen molar-refractivity contribution >= 4 is 34.7 Å². The topological polar surface area (TPSA) is 62.7 Å². The normalized spacial score (nSPS) is 15.2. The highest BCUT2D eigenvalue weighted by Gasteiger charge is 2.29. The van der Waals surface area contributed by atoms with E-state index in [9.17, 15) is 9.59 Å². The molecule has 2 aromatic heterocycles. The summed E-state index contributed by atoms with van der Waals surface area (Å²) in [5.74, 6) is -0.00774. The van der Waals surface area contributed by atoms with Crippen LogP contribution in [0.2, 0.25) is 0 Å². The summed E-state index contributed by atoms with van der Waals surface area (Å²) < 4.78 is 5.40. The summed E-state index contributed by atoms with van der Waals surface area (Å²) in [5.41, 5.74) is 0.250. The molecular weight excluding hydrogens is 370 g/mol. The predicted octanol–water partition coefficient (Wildman–Crippen LogP) is 3.87. The molecule has 26 heavy (non-hydrogen) atoms. The number of amides is 2. The summed E-state index contributed by atoms with van der Waals surface area (Å²) >= 11 is 3.06. The highest BCUT2D eigenvalue weighted by molar-refractivity contribution is 7.22. The van der Waals surface area contributed by atoms with E-state index in [2.05, 4.69) is 4.98 Å². The van der Waals surface area contributed by atoms with Gasteiger partial charge in [-0.2, -0.15) is 0 Å². The van der Waals surface area contributed by atoms with Gasteiger partial charge in [-0.05, 0) is 39.1 Å². The number of thiophene rings is 1. The van der Waals surface area contributed by atoms with Crippen LogP contribution in [-0.2, 0) is 4.74 Å². The van der Waals surface area contributed by atoms with Crippen molar-refractivity contribution in [1.82, 2.24) is 14.8 Å². The Bertz CT molecular complexity index is 785. The Balaban J connectivity index is 1.63. The van der Waals surface area contributed by atoms with Crippen LogP contribution in [0.25, 0.3) is 9.88 Å². The van der Waals surface area contributed by atoms with E-state index in [0.29, 0.717) is 31.1 Å². The fourth-order valence-electron chi connectivity index (χ4n) is 2.66. The number of carbonyl (C=O) groups is 2. The first-order chi connectivity index (χ1) is 12.2. The summed E-state index contributed by atoms with van der Waals surface area (Å²) in [6, 6.07) is 3.99. The van der Waals surface area contributed by atoms with Crippen LogP contribution in [0.4, 0.5) is 4.79 Å². The highest BCUT2D eigenvalue weighted by Crippen LogP contribution is 2.31. The van der Waals surface area contributed by atoms with Gasteiger partial charge >= 0.3 is 6.09 Å². The van der Waals surface area contributed by atoms with Gasteiger partial charge in [-0.1, -0.05) is 6.07 Å². The van der Waals surface area contributed by atoms with Gasteiger partial charge in [-0.3, -0.25) is 4.79 Å². The first-order valence-electron chi connectivity index (χ1n) is 8.53. The largest absolute Gasteiger partial charge is 0.444 e. The number of thiazole rings is 1. The fraction of sp³-hybridized carbons (Fsp3) is 0.500. The van der Waals surface area contributed by atoms with Gasteiger partial charge in [0.25, 0.3) is 5.91 Å². The van der Waals surface area contributed by atoms with Crippen molar-refractivity contribution in [1.29, 1.82) is 0 Å². The predicted molar refractivity (Wildman–Crippen MR) is 104 cm³/mol. The highest BCUT2D eigenvalue weighted by atomic mass is 32.1. The second-order valence-corrected chi connectivity index (χ2v) is 9.12. The molecule has 0 atom stereocenters. The zero-order chi connectivity index (χ0) is 18.9. The van der Waals surface area contributed by atoms with Gasteiger partial charge < -0.3 is 14.5 Å². The molecule has 6 nitrogen and oxygen atoms in total. The molecule has 2 aromatic rings. The van der Waals surface area contributed by atoms with Gasteiger partial charge in [0.2, 0.25) is 0 Å². The van der Waals surface area contributed by atoms with Crippen LogP contribution in [0, 0.1) is 6.92 Å². The molecule has 0 saturated carbocycles. The average Bonchev–Trinajstić information content (AvgIpc) is 3.22. The molecule has 0 aliphatic carbocycles. The molecule has 1 aliphatic heterocycles. The zero-order valence-electron chi connectivity index (χ0n) is 15.4. The van der Waals surface area contributed by atoms with Gasteiger partial charge in [-0.25, -0.2) is 9.78 Å². The van der Waals surface area contributed by atoms with E-state index >= 15 is 0 Å². The number of aryl methyl sites for hydroxylation is 1. The van der Waals surface area contributed by atoms with Gasteiger partial charge in [0.15, 0.2) is 0 Å². The molecule has 0 spiro atoms. The molecular formula is C18H23N3O3S2. The van der Waals surface area contributed by atoms with E-state index in [1.165, 1.54) is 11.3 Å². The van der Waals surface area contributed by atoms with Crippen LogP contribution >= 0.6 is 22.7 Å². The molecule has 3 heterocycles. The maximum absolute atomic E-state index is 12.9. The molecule has 1 aliphatic rings. The Labute approximate surface area is 161 Å². The third kappa shape index (κ3) is 4.24. The van der Waals surface area contributed by atoms with Crippen LogP contribution in [0.3, 0.4) is 0 Å². The Morgan fingerprint density at radius 1 is 1.15 bits per heavy atom. The van der Waals surface area contributed by atoms with Crippen LogP contribution < -0.4 is 0 Å². The Hall–Kier alpha value is -1.93.